The first-order chi connectivity index (χ1) is 17.4. The molecular formula is C26H31N5O5S. The van der Waals surface area contributed by atoms with Crippen molar-refractivity contribution < 1.29 is 23.1 Å². The second-order valence-electron chi connectivity index (χ2n) is 9.63. The molecule has 37 heavy (non-hydrogen) atoms. The Morgan fingerprint density at radius 3 is 2.54 bits per heavy atom. The van der Waals surface area contributed by atoms with Crippen LogP contribution in [0.4, 0.5) is 11.4 Å². The van der Waals surface area contributed by atoms with Crippen LogP contribution in [0.5, 0.6) is 5.88 Å². The number of aromatic hydroxyl groups is 1. The molecule has 2 unspecified atom stereocenters. The van der Waals surface area contributed by atoms with E-state index < -0.39 is 21.8 Å². The smallest absolute Gasteiger partial charge is 0.257 e. The van der Waals surface area contributed by atoms with Crippen molar-refractivity contribution in [2.75, 3.05) is 30.9 Å². The summed E-state index contributed by atoms with van der Waals surface area (Å²) < 4.78 is 26.8. The van der Waals surface area contributed by atoms with Gasteiger partial charge in [-0.25, -0.2) is 17.7 Å². The van der Waals surface area contributed by atoms with Crippen LogP contribution in [0.1, 0.15) is 35.7 Å². The fourth-order valence-corrected chi connectivity index (χ4v) is 5.57. The summed E-state index contributed by atoms with van der Waals surface area (Å²) in [6, 6.07) is 11.1. The van der Waals surface area contributed by atoms with Gasteiger partial charge in [-0.3, -0.25) is 9.59 Å². The first kappa shape index (κ1) is 26.4. The number of sulfonamides is 1. The number of carbonyl (C=O) groups excluding carboxylic acids is 2. The van der Waals surface area contributed by atoms with E-state index in [1.807, 2.05) is 18.7 Å². The summed E-state index contributed by atoms with van der Waals surface area (Å²) in [5, 5.41) is 13.4. The molecule has 1 saturated heterocycles. The molecule has 1 aliphatic rings. The van der Waals surface area contributed by atoms with Crippen LogP contribution < -0.4 is 16.0 Å². The van der Waals surface area contributed by atoms with Crippen LogP contribution in [0.25, 0.3) is 10.9 Å². The van der Waals surface area contributed by atoms with E-state index in [2.05, 4.69) is 10.3 Å². The lowest BCUT2D eigenvalue weighted by Crippen LogP contribution is -2.46. The predicted molar refractivity (Wildman–Crippen MR) is 142 cm³/mol. The molecule has 196 valence electrons. The highest BCUT2D eigenvalue weighted by Gasteiger charge is 2.32. The van der Waals surface area contributed by atoms with Crippen LogP contribution in [0.3, 0.4) is 0 Å². The molecule has 0 bridgehead atoms. The van der Waals surface area contributed by atoms with Crippen molar-refractivity contribution in [3.8, 4) is 5.88 Å². The third kappa shape index (κ3) is 5.23. The molecule has 10 nitrogen and oxygen atoms in total. The minimum atomic E-state index is -3.80. The Hall–Kier alpha value is -3.70. The quantitative estimate of drug-likeness (QED) is 0.448. The number of nitrogens with two attached hydrogens (primary N) is 1. The second-order valence-corrected chi connectivity index (χ2v) is 11.8. The van der Waals surface area contributed by atoms with Crippen molar-refractivity contribution in [1.82, 2.24) is 9.29 Å². The number of aryl methyl sites for hydroxylation is 1. The minimum Gasteiger partial charge on any atom is -0.493 e. The first-order valence-electron chi connectivity index (χ1n) is 11.9. The minimum absolute atomic E-state index is 0.0144. The Morgan fingerprint density at radius 1 is 1.14 bits per heavy atom. The highest BCUT2D eigenvalue weighted by molar-refractivity contribution is 7.89. The van der Waals surface area contributed by atoms with Crippen molar-refractivity contribution >= 4 is 44.1 Å². The summed E-state index contributed by atoms with van der Waals surface area (Å²) in [6.45, 7) is 4.16. The van der Waals surface area contributed by atoms with Crippen molar-refractivity contribution in [3.63, 3.8) is 0 Å². The lowest BCUT2D eigenvalue weighted by atomic mass is 9.91. The molecule has 4 rings (SSSR count). The maximum atomic E-state index is 13.6. The van der Waals surface area contributed by atoms with Gasteiger partial charge >= 0.3 is 0 Å². The molecule has 3 aromatic rings. The average molecular weight is 526 g/mol. The molecule has 1 aromatic heterocycles. The third-order valence-corrected chi connectivity index (χ3v) is 8.66. The number of nitrogens with zero attached hydrogens (tertiary/aromatic N) is 3. The molecule has 11 heteroatoms. The molecular weight excluding hydrogens is 494 g/mol. The fraction of sp³-hybridized carbons (Fsp3) is 0.346. The highest BCUT2D eigenvalue weighted by atomic mass is 32.2. The Morgan fingerprint density at radius 2 is 1.86 bits per heavy atom. The average Bonchev–Trinajstić information content (AvgIpc) is 2.84. The van der Waals surface area contributed by atoms with Gasteiger partial charge in [-0.1, -0.05) is 0 Å². The number of carbonyl (C=O) groups is 2. The van der Waals surface area contributed by atoms with E-state index in [1.165, 1.54) is 32.3 Å². The molecule has 4 N–H and O–H groups in total. The second kappa shape index (κ2) is 9.98. The predicted octanol–water partition coefficient (Wildman–Crippen LogP) is 2.84. The van der Waals surface area contributed by atoms with Gasteiger partial charge in [0.2, 0.25) is 21.8 Å². The van der Waals surface area contributed by atoms with E-state index in [-0.39, 0.29) is 28.3 Å². The number of hydrogen-bond acceptors (Lipinski definition) is 7. The van der Waals surface area contributed by atoms with Gasteiger partial charge in [-0.2, -0.15) is 0 Å². The number of benzene rings is 2. The number of fused-ring (bicyclic) bond motifs is 1. The van der Waals surface area contributed by atoms with Crippen LogP contribution in [-0.2, 0) is 14.8 Å². The van der Waals surface area contributed by atoms with Gasteiger partial charge < -0.3 is 21.1 Å². The van der Waals surface area contributed by atoms with E-state index >= 15 is 0 Å². The maximum absolute atomic E-state index is 13.6. The van der Waals surface area contributed by atoms with E-state index in [0.717, 1.165) is 15.3 Å². The summed E-state index contributed by atoms with van der Waals surface area (Å²) in [6.07, 6.45) is 1.36. The largest absolute Gasteiger partial charge is 0.493 e. The van der Waals surface area contributed by atoms with Gasteiger partial charge in [0.15, 0.2) is 0 Å². The van der Waals surface area contributed by atoms with Crippen molar-refractivity contribution in [2.24, 2.45) is 11.7 Å². The first-order valence-corrected chi connectivity index (χ1v) is 13.4. The van der Waals surface area contributed by atoms with Gasteiger partial charge in [0.05, 0.1) is 21.9 Å². The summed E-state index contributed by atoms with van der Waals surface area (Å²) >= 11 is 0. The number of amides is 2. The van der Waals surface area contributed by atoms with E-state index in [1.54, 1.807) is 24.3 Å². The summed E-state index contributed by atoms with van der Waals surface area (Å²) in [5.41, 5.74) is 8.13. The Kier molecular flexibility index (Phi) is 7.11. The molecule has 1 aliphatic heterocycles. The standard InChI is InChI=1S/C26H31N5O5S/c1-15-11-24(32)29-22-9-7-18(12-20(15)22)28-26(34)21-13-19(37(35,36)30(3)4)8-10-23(21)31-14-17(25(27)33)6-5-16(31)2/h7-13,16-17H,5-6,14H2,1-4H3,(H2,27,33)(H,28,34)(H,29,32). The zero-order valence-electron chi connectivity index (χ0n) is 21.2. The third-order valence-electron chi connectivity index (χ3n) is 6.84. The van der Waals surface area contributed by atoms with Crippen LogP contribution in [0, 0.1) is 12.8 Å². The fourth-order valence-electron chi connectivity index (χ4n) is 4.65. The Bertz CT molecular complexity index is 1490. The van der Waals surface area contributed by atoms with E-state index in [4.69, 9.17) is 5.73 Å². The molecule has 0 saturated carbocycles. The van der Waals surface area contributed by atoms with Crippen molar-refractivity contribution in [1.29, 1.82) is 0 Å². The molecule has 0 radical (unpaired) electrons. The van der Waals surface area contributed by atoms with Gasteiger partial charge in [0, 0.05) is 49.5 Å². The highest BCUT2D eigenvalue weighted by Crippen LogP contribution is 2.33. The number of primary amides is 1. The molecule has 0 aliphatic carbocycles. The SMILES string of the molecule is Cc1cc(O)nc2ccc(NC(=O)c3cc(S(=O)(=O)N(C)C)ccc3N3CC(C(N)=O)CCC3C)cc12. The van der Waals surface area contributed by atoms with Crippen LogP contribution in [-0.4, -0.2) is 61.3 Å². The number of anilines is 2. The summed E-state index contributed by atoms with van der Waals surface area (Å²) in [7, 11) is -0.947. The van der Waals surface area contributed by atoms with Gasteiger partial charge in [0.25, 0.3) is 5.91 Å². The van der Waals surface area contributed by atoms with Crippen LogP contribution in [0.15, 0.2) is 47.4 Å². The number of piperidine rings is 1. The van der Waals surface area contributed by atoms with Gasteiger partial charge in [-0.05, 0) is 68.7 Å². The molecule has 2 heterocycles. The molecule has 0 spiro atoms. The van der Waals surface area contributed by atoms with Gasteiger partial charge in [-0.15, -0.1) is 0 Å². The monoisotopic (exact) mass is 525 g/mol. The Balaban J connectivity index is 1.77. The van der Waals surface area contributed by atoms with Crippen molar-refractivity contribution in [3.05, 3.63) is 53.6 Å². The van der Waals surface area contributed by atoms with Crippen molar-refractivity contribution in [2.45, 2.75) is 37.6 Å². The number of aromatic nitrogens is 1. The van der Waals surface area contributed by atoms with E-state index in [9.17, 15) is 23.1 Å². The lowest BCUT2D eigenvalue weighted by molar-refractivity contribution is -0.122. The zero-order chi connectivity index (χ0) is 27.1. The summed E-state index contributed by atoms with van der Waals surface area (Å²) in [5.74, 6) is -1.36. The van der Waals surface area contributed by atoms with Crippen LogP contribution >= 0.6 is 0 Å². The number of rotatable bonds is 6. The van der Waals surface area contributed by atoms with E-state index in [0.29, 0.717) is 36.3 Å². The molecule has 2 aromatic carbocycles. The number of nitrogens with one attached hydrogen (secondary N) is 1. The number of pyridine rings is 1. The number of hydrogen-bond donors (Lipinski definition) is 3. The zero-order valence-corrected chi connectivity index (χ0v) is 22.0. The molecule has 1 fully saturated rings. The Labute approximate surface area is 216 Å². The molecule has 2 amide bonds. The lowest BCUT2D eigenvalue weighted by Gasteiger charge is -2.39. The normalized spacial score (nSPS) is 18.2. The molecule has 2 atom stereocenters. The van der Waals surface area contributed by atoms with Gasteiger partial charge in [0.1, 0.15) is 0 Å². The topological polar surface area (TPSA) is 146 Å². The maximum Gasteiger partial charge on any atom is 0.257 e. The van der Waals surface area contributed by atoms with Crippen LogP contribution in [0.2, 0.25) is 0 Å². The summed E-state index contributed by atoms with van der Waals surface area (Å²) in [4.78, 5) is 31.6.